The molecule has 4 aromatic rings. The van der Waals surface area contributed by atoms with Crippen LogP contribution in [0, 0.1) is 11.6 Å². The fourth-order valence-corrected chi connectivity index (χ4v) is 5.76. The zero-order chi connectivity index (χ0) is 29.9. The molecule has 42 heavy (non-hydrogen) atoms. The van der Waals surface area contributed by atoms with Gasteiger partial charge in [-0.05, 0) is 75.5 Å². The Labute approximate surface area is 250 Å². The smallest absolute Gasteiger partial charge is 0.229 e. The van der Waals surface area contributed by atoms with Gasteiger partial charge in [0.2, 0.25) is 5.95 Å². The largest absolute Gasteiger partial charge is 0.329 e. The highest BCUT2D eigenvalue weighted by atomic mass is 19.1. The standard InChI is InChI=1S/C26H26F2N4.C9H21N/c1-2-17-8-10-18(11-9-17)24-16-32(22-6-4-3-5-7-22)25-23(24)15-29-26(31-25)30-21-13-19(27)12-20(28)14-21;1-4-6-7-9-10(3)8-5-2/h8-16,22H,2-7H2,1H3,(H,29,30,31);4-9H2,1-3H3. The van der Waals surface area contributed by atoms with Gasteiger partial charge in [0, 0.05) is 41.1 Å². The molecule has 0 unspecified atom stereocenters. The number of aryl methyl sites for hydroxylation is 1. The highest BCUT2D eigenvalue weighted by Crippen LogP contribution is 2.37. The molecular formula is C35H47F2N5. The lowest BCUT2D eigenvalue weighted by Gasteiger charge is -2.23. The summed E-state index contributed by atoms with van der Waals surface area (Å²) >= 11 is 0. The van der Waals surface area contributed by atoms with E-state index in [1.807, 2.05) is 6.20 Å². The van der Waals surface area contributed by atoms with Gasteiger partial charge in [0.15, 0.2) is 0 Å². The molecule has 1 fully saturated rings. The highest BCUT2D eigenvalue weighted by molar-refractivity contribution is 5.94. The summed E-state index contributed by atoms with van der Waals surface area (Å²) < 4.78 is 29.5. The van der Waals surface area contributed by atoms with Gasteiger partial charge in [-0.3, -0.25) is 0 Å². The van der Waals surface area contributed by atoms with Crippen LogP contribution in [0.3, 0.4) is 0 Å². The van der Waals surface area contributed by atoms with Gasteiger partial charge in [-0.2, -0.15) is 4.98 Å². The topological polar surface area (TPSA) is 46.0 Å². The van der Waals surface area contributed by atoms with E-state index in [0.717, 1.165) is 47.5 Å². The van der Waals surface area contributed by atoms with E-state index < -0.39 is 11.6 Å². The second-order valence-electron chi connectivity index (χ2n) is 11.5. The number of fused-ring (bicyclic) bond motifs is 1. The number of hydrogen-bond acceptors (Lipinski definition) is 4. The molecular weight excluding hydrogens is 528 g/mol. The van der Waals surface area contributed by atoms with Crippen LogP contribution in [0.2, 0.25) is 0 Å². The van der Waals surface area contributed by atoms with Gasteiger partial charge in [-0.1, -0.05) is 77.1 Å². The summed E-state index contributed by atoms with van der Waals surface area (Å²) in [5.74, 6) is -0.959. The van der Waals surface area contributed by atoms with Crippen molar-refractivity contribution >= 4 is 22.7 Å². The quantitative estimate of drug-likeness (QED) is 0.181. The lowest BCUT2D eigenvalue weighted by Crippen LogP contribution is -2.20. The van der Waals surface area contributed by atoms with E-state index in [-0.39, 0.29) is 5.69 Å². The molecule has 1 N–H and O–H groups in total. The van der Waals surface area contributed by atoms with E-state index in [2.05, 4.69) is 78.0 Å². The number of hydrogen-bond donors (Lipinski definition) is 1. The van der Waals surface area contributed by atoms with Gasteiger partial charge in [0.1, 0.15) is 17.3 Å². The Bertz CT molecular complexity index is 1370. The summed E-state index contributed by atoms with van der Waals surface area (Å²) in [7, 11) is 2.21. The summed E-state index contributed by atoms with van der Waals surface area (Å²) in [5, 5.41) is 3.94. The van der Waals surface area contributed by atoms with Crippen LogP contribution in [0.4, 0.5) is 20.4 Å². The summed E-state index contributed by atoms with van der Waals surface area (Å²) in [6.07, 6.45) is 16.3. The van der Waals surface area contributed by atoms with Gasteiger partial charge in [-0.15, -0.1) is 0 Å². The number of rotatable bonds is 11. The van der Waals surface area contributed by atoms with Crippen molar-refractivity contribution in [2.45, 2.75) is 91.0 Å². The molecule has 5 rings (SSSR count). The van der Waals surface area contributed by atoms with Gasteiger partial charge < -0.3 is 14.8 Å². The Balaban J connectivity index is 0.000000349. The number of nitrogens with one attached hydrogen (secondary N) is 1. The molecule has 0 bridgehead atoms. The lowest BCUT2D eigenvalue weighted by molar-refractivity contribution is 0.326. The van der Waals surface area contributed by atoms with Gasteiger partial charge in [0.05, 0.1) is 0 Å². The maximum atomic E-state index is 13.6. The Hall–Kier alpha value is -3.32. The Morgan fingerprint density at radius 3 is 2.26 bits per heavy atom. The molecule has 7 heteroatoms. The molecule has 5 nitrogen and oxygen atoms in total. The maximum Gasteiger partial charge on any atom is 0.229 e. The van der Waals surface area contributed by atoms with Gasteiger partial charge in [0.25, 0.3) is 0 Å². The molecule has 0 atom stereocenters. The first-order valence-electron chi connectivity index (χ1n) is 15.8. The summed E-state index contributed by atoms with van der Waals surface area (Å²) in [6.45, 7) is 9.17. The van der Waals surface area contributed by atoms with Crippen LogP contribution in [0.25, 0.3) is 22.2 Å². The first-order valence-corrected chi connectivity index (χ1v) is 15.8. The predicted octanol–water partition coefficient (Wildman–Crippen LogP) is 9.71. The molecule has 0 aliphatic heterocycles. The number of unbranched alkanes of at least 4 members (excludes halogenated alkanes) is 2. The minimum absolute atomic E-state index is 0.285. The van der Waals surface area contributed by atoms with Crippen molar-refractivity contribution in [2.24, 2.45) is 0 Å². The first-order chi connectivity index (χ1) is 20.4. The third kappa shape index (κ3) is 8.60. The van der Waals surface area contributed by atoms with Crippen molar-refractivity contribution < 1.29 is 8.78 Å². The van der Waals surface area contributed by atoms with E-state index in [1.54, 1.807) is 0 Å². The van der Waals surface area contributed by atoms with Crippen LogP contribution in [-0.4, -0.2) is 39.6 Å². The molecule has 2 aromatic heterocycles. The van der Waals surface area contributed by atoms with Crippen molar-refractivity contribution in [2.75, 3.05) is 25.5 Å². The maximum absolute atomic E-state index is 13.6. The van der Waals surface area contributed by atoms with Crippen LogP contribution in [0.5, 0.6) is 0 Å². The number of aromatic nitrogens is 3. The van der Waals surface area contributed by atoms with Crippen LogP contribution < -0.4 is 5.32 Å². The zero-order valence-electron chi connectivity index (χ0n) is 25.8. The third-order valence-electron chi connectivity index (χ3n) is 8.08. The Kier molecular flexibility index (Phi) is 11.9. The SMILES string of the molecule is CCCCCN(C)CCC.CCc1ccc(-c2cn(C3CCCCC3)c3nc(Nc4cc(F)cc(F)c4)ncc23)cc1. The molecule has 1 aliphatic carbocycles. The number of anilines is 2. The van der Waals surface area contributed by atoms with E-state index in [4.69, 9.17) is 4.98 Å². The van der Waals surface area contributed by atoms with Crippen LogP contribution in [0.15, 0.2) is 54.9 Å². The van der Waals surface area contributed by atoms with Crippen molar-refractivity contribution in [1.29, 1.82) is 0 Å². The molecule has 0 spiro atoms. The van der Waals surface area contributed by atoms with Crippen molar-refractivity contribution in [3.63, 3.8) is 0 Å². The highest BCUT2D eigenvalue weighted by Gasteiger charge is 2.21. The number of benzene rings is 2. The average Bonchev–Trinajstić information content (AvgIpc) is 3.37. The first kappa shape index (κ1) is 31.6. The van der Waals surface area contributed by atoms with E-state index >= 15 is 0 Å². The molecule has 0 radical (unpaired) electrons. The zero-order valence-corrected chi connectivity index (χ0v) is 25.8. The second kappa shape index (κ2) is 15.8. The summed E-state index contributed by atoms with van der Waals surface area (Å²) in [6, 6.07) is 12.3. The molecule has 1 saturated carbocycles. The van der Waals surface area contributed by atoms with Gasteiger partial charge >= 0.3 is 0 Å². The summed E-state index contributed by atoms with van der Waals surface area (Å²) in [4.78, 5) is 11.7. The van der Waals surface area contributed by atoms with E-state index in [0.29, 0.717) is 12.0 Å². The monoisotopic (exact) mass is 575 g/mol. The van der Waals surface area contributed by atoms with Crippen molar-refractivity contribution in [3.8, 4) is 11.1 Å². The normalized spacial score (nSPS) is 13.8. The molecule has 0 saturated heterocycles. The minimum Gasteiger partial charge on any atom is -0.329 e. The third-order valence-corrected chi connectivity index (χ3v) is 8.08. The second-order valence-corrected chi connectivity index (χ2v) is 11.5. The summed E-state index contributed by atoms with van der Waals surface area (Å²) in [5.41, 5.74) is 4.68. The Morgan fingerprint density at radius 1 is 0.905 bits per heavy atom. The molecule has 226 valence electrons. The van der Waals surface area contributed by atoms with Crippen molar-refractivity contribution in [1.82, 2.24) is 19.4 Å². The molecule has 1 aliphatic rings. The average molecular weight is 576 g/mol. The molecule has 2 aromatic carbocycles. The molecule has 0 amide bonds. The fourth-order valence-electron chi connectivity index (χ4n) is 5.76. The van der Waals surface area contributed by atoms with Gasteiger partial charge in [-0.25, -0.2) is 13.8 Å². The van der Waals surface area contributed by atoms with Crippen LogP contribution >= 0.6 is 0 Å². The van der Waals surface area contributed by atoms with Crippen LogP contribution in [-0.2, 0) is 6.42 Å². The Morgan fingerprint density at radius 2 is 1.62 bits per heavy atom. The number of nitrogens with zero attached hydrogens (tertiary/aromatic N) is 4. The van der Waals surface area contributed by atoms with E-state index in [9.17, 15) is 8.78 Å². The molecule has 2 heterocycles. The predicted molar refractivity (Wildman–Crippen MR) is 171 cm³/mol. The van der Waals surface area contributed by atoms with Crippen molar-refractivity contribution in [3.05, 3.63) is 72.1 Å². The lowest BCUT2D eigenvalue weighted by atomic mass is 9.95. The van der Waals surface area contributed by atoms with Crippen LogP contribution in [0.1, 0.15) is 90.2 Å². The minimum atomic E-state index is -0.642. The van der Waals surface area contributed by atoms with E-state index in [1.165, 1.54) is 75.7 Å². The fraction of sp³-hybridized carbons (Fsp3) is 0.486. The number of halogens is 2.